The Labute approximate surface area is 91.5 Å². The lowest BCUT2D eigenvalue weighted by Crippen LogP contribution is -2.19. The van der Waals surface area contributed by atoms with Gasteiger partial charge in [0.25, 0.3) is 0 Å². The van der Waals surface area contributed by atoms with E-state index in [0.29, 0.717) is 6.10 Å². The van der Waals surface area contributed by atoms with Crippen LogP contribution in [0, 0.1) is 11.8 Å². The Kier molecular flexibility index (Phi) is 2.49. The van der Waals surface area contributed by atoms with Crippen molar-refractivity contribution < 1.29 is 4.74 Å². The summed E-state index contributed by atoms with van der Waals surface area (Å²) in [5.74, 6) is 1.92. The molecule has 1 aromatic rings. The van der Waals surface area contributed by atoms with Gasteiger partial charge in [0.2, 0.25) is 0 Å². The Balaban J connectivity index is 1.54. The van der Waals surface area contributed by atoms with Crippen LogP contribution >= 0.6 is 0 Å². The van der Waals surface area contributed by atoms with Crippen molar-refractivity contribution >= 4 is 0 Å². The standard InChI is InChI=1S/C14H18O/c1-2-5-11(6-3-1)10-15-14-8-4-7-12-9-13(12)14/h1-3,5-6,12-14H,4,7-10H2/t12-,13-,14+/m0/s1. The lowest BCUT2D eigenvalue weighted by Gasteiger charge is -2.21. The van der Waals surface area contributed by atoms with Gasteiger partial charge >= 0.3 is 0 Å². The molecule has 2 aliphatic rings. The molecule has 80 valence electrons. The first kappa shape index (κ1) is 9.41. The maximum Gasteiger partial charge on any atom is 0.0720 e. The SMILES string of the molecule is c1ccc(CO[C@@H]2CCC[C@H]3C[C@@H]32)cc1. The van der Waals surface area contributed by atoms with E-state index in [4.69, 9.17) is 4.74 Å². The van der Waals surface area contributed by atoms with E-state index in [2.05, 4.69) is 30.3 Å². The molecule has 0 amide bonds. The van der Waals surface area contributed by atoms with Gasteiger partial charge in [-0.15, -0.1) is 0 Å². The number of fused-ring (bicyclic) bond motifs is 1. The summed E-state index contributed by atoms with van der Waals surface area (Å²) < 4.78 is 6.02. The first-order valence-corrected chi connectivity index (χ1v) is 6.09. The third kappa shape index (κ3) is 2.07. The lowest BCUT2D eigenvalue weighted by molar-refractivity contribution is 0.00668. The molecule has 0 saturated heterocycles. The van der Waals surface area contributed by atoms with E-state index in [1.54, 1.807) is 0 Å². The Bertz CT molecular complexity index is 319. The zero-order valence-corrected chi connectivity index (χ0v) is 9.06. The van der Waals surface area contributed by atoms with Crippen LogP contribution < -0.4 is 0 Å². The molecular weight excluding hydrogens is 184 g/mol. The summed E-state index contributed by atoms with van der Waals surface area (Å²) in [6.45, 7) is 0.800. The van der Waals surface area contributed by atoms with E-state index in [1.165, 1.54) is 31.2 Å². The molecule has 1 aromatic carbocycles. The molecule has 0 bridgehead atoms. The summed E-state index contributed by atoms with van der Waals surface area (Å²) in [4.78, 5) is 0. The first-order chi connectivity index (χ1) is 7.43. The molecule has 0 spiro atoms. The molecule has 0 N–H and O–H groups in total. The van der Waals surface area contributed by atoms with Crippen LogP contribution in [0.2, 0.25) is 0 Å². The second-order valence-electron chi connectivity index (χ2n) is 4.93. The largest absolute Gasteiger partial charge is 0.373 e. The summed E-state index contributed by atoms with van der Waals surface area (Å²) in [6, 6.07) is 10.5. The highest BCUT2D eigenvalue weighted by Gasteiger charge is 2.45. The molecule has 0 heterocycles. The van der Waals surface area contributed by atoms with Crippen molar-refractivity contribution in [2.75, 3.05) is 0 Å². The van der Waals surface area contributed by atoms with E-state index in [0.717, 1.165) is 18.4 Å². The summed E-state index contributed by atoms with van der Waals surface area (Å²) in [5, 5.41) is 0. The fourth-order valence-electron chi connectivity index (χ4n) is 2.84. The Morgan fingerprint density at radius 1 is 1.13 bits per heavy atom. The van der Waals surface area contributed by atoms with Gasteiger partial charge in [0.1, 0.15) is 0 Å². The smallest absolute Gasteiger partial charge is 0.0720 e. The van der Waals surface area contributed by atoms with Gasteiger partial charge in [0, 0.05) is 0 Å². The van der Waals surface area contributed by atoms with Gasteiger partial charge in [0.05, 0.1) is 12.7 Å². The van der Waals surface area contributed by atoms with Crippen LogP contribution in [0.25, 0.3) is 0 Å². The molecule has 15 heavy (non-hydrogen) atoms. The highest BCUT2D eigenvalue weighted by Crippen LogP contribution is 2.50. The highest BCUT2D eigenvalue weighted by molar-refractivity contribution is 5.13. The van der Waals surface area contributed by atoms with E-state index in [9.17, 15) is 0 Å². The first-order valence-electron chi connectivity index (χ1n) is 6.09. The topological polar surface area (TPSA) is 9.23 Å². The maximum absolute atomic E-state index is 6.02. The Morgan fingerprint density at radius 2 is 2.00 bits per heavy atom. The lowest BCUT2D eigenvalue weighted by atomic mass is 9.98. The minimum Gasteiger partial charge on any atom is -0.373 e. The minimum atomic E-state index is 0.559. The normalized spacial score (nSPS) is 33.5. The quantitative estimate of drug-likeness (QED) is 0.730. The van der Waals surface area contributed by atoms with Gasteiger partial charge in [-0.25, -0.2) is 0 Å². The number of hydrogen-bond acceptors (Lipinski definition) is 1. The van der Waals surface area contributed by atoms with Gasteiger partial charge in [-0.3, -0.25) is 0 Å². The van der Waals surface area contributed by atoms with E-state index in [-0.39, 0.29) is 0 Å². The van der Waals surface area contributed by atoms with E-state index >= 15 is 0 Å². The molecule has 2 aliphatic carbocycles. The van der Waals surface area contributed by atoms with Gasteiger partial charge < -0.3 is 4.74 Å². The molecular formula is C14H18O. The molecule has 1 nitrogen and oxygen atoms in total. The number of rotatable bonds is 3. The fraction of sp³-hybridized carbons (Fsp3) is 0.571. The van der Waals surface area contributed by atoms with Crippen LogP contribution in [0.15, 0.2) is 30.3 Å². The Hall–Kier alpha value is -0.820. The number of benzene rings is 1. The third-order valence-electron chi connectivity index (χ3n) is 3.83. The van der Waals surface area contributed by atoms with E-state index in [1.807, 2.05) is 0 Å². The predicted octanol–water partition coefficient (Wildman–Crippen LogP) is 3.39. The molecule has 2 saturated carbocycles. The van der Waals surface area contributed by atoms with Crippen molar-refractivity contribution in [3.05, 3.63) is 35.9 Å². The maximum atomic E-state index is 6.02. The van der Waals surface area contributed by atoms with Crippen LogP contribution in [0.5, 0.6) is 0 Å². The second kappa shape index (κ2) is 3.97. The zero-order chi connectivity index (χ0) is 10.1. The molecule has 2 fully saturated rings. The molecule has 1 heteroatoms. The van der Waals surface area contributed by atoms with Gasteiger partial charge in [-0.1, -0.05) is 36.8 Å². The molecule has 0 unspecified atom stereocenters. The van der Waals surface area contributed by atoms with Crippen molar-refractivity contribution in [1.29, 1.82) is 0 Å². The average molecular weight is 202 g/mol. The van der Waals surface area contributed by atoms with Gasteiger partial charge in [0.15, 0.2) is 0 Å². The molecule has 3 atom stereocenters. The van der Waals surface area contributed by atoms with Crippen molar-refractivity contribution in [2.24, 2.45) is 11.8 Å². The Morgan fingerprint density at radius 3 is 2.87 bits per heavy atom. The van der Waals surface area contributed by atoms with Crippen molar-refractivity contribution in [1.82, 2.24) is 0 Å². The monoisotopic (exact) mass is 202 g/mol. The summed E-state index contributed by atoms with van der Waals surface area (Å²) in [6.07, 6.45) is 6.10. The molecule has 0 aliphatic heterocycles. The van der Waals surface area contributed by atoms with Crippen molar-refractivity contribution in [3.8, 4) is 0 Å². The fourth-order valence-corrected chi connectivity index (χ4v) is 2.84. The summed E-state index contributed by atoms with van der Waals surface area (Å²) in [5.41, 5.74) is 1.31. The average Bonchev–Trinajstić information content (AvgIpc) is 3.07. The summed E-state index contributed by atoms with van der Waals surface area (Å²) in [7, 11) is 0. The predicted molar refractivity (Wildman–Crippen MR) is 60.5 cm³/mol. The summed E-state index contributed by atoms with van der Waals surface area (Å²) >= 11 is 0. The van der Waals surface area contributed by atoms with Gasteiger partial charge in [-0.05, 0) is 36.7 Å². The molecule has 3 rings (SSSR count). The molecule has 0 aromatic heterocycles. The zero-order valence-electron chi connectivity index (χ0n) is 9.06. The number of hydrogen-bond donors (Lipinski definition) is 0. The molecule has 0 radical (unpaired) electrons. The van der Waals surface area contributed by atoms with E-state index < -0.39 is 0 Å². The van der Waals surface area contributed by atoms with Crippen LogP contribution in [0.1, 0.15) is 31.2 Å². The van der Waals surface area contributed by atoms with Crippen LogP contribution in [0.3, 0.4) is 0 Å². The van der Waals surface area contributed by atoms with Crippen LogP contribution in [0.4, 0.5) is 0 Å². The van der Waals surface area contributed by atoms with Crippen LogP contribution in [-0.2, 0) is 11.3 Å². The number of ether oxygens (including phenoxy) is 1. The van der Waals surface area contributed by atoms with Crippen molar-refractivity contribution in [3.63, 3.8) is 0 Å². The van der Waals surface area contributed by atoms with Crippen LogP contribution in [-0.4, -0.2) is 6.10 Å². The minimum absolute atomic E-state index is 0.559. The highest BCUT2D eigenvalue weighted by atomic mass is 16.5. The van der Waals surface area contributed by atoms with Gasteiger partial charge in [-0.2, -0.15) is 0 Å². The van der Waals surface area contributed by atoms with Crippen molar-refractivity contribution in [2.45, 2.75) is 38.4 Å². The third-order valence-corrected chi connectivity index (χ3v) is 3.83. The second-order valence-corrected chi connectivity index (χ2v) is 4.93.